The third-order valence-electron chi connectivity index (χ3n) is 6.05. The van der Waals surface area contributed by atoms with E-state index < -0.39 is 12.1 Å². The monoisotopic (exact) mass is 446 g/mol. The van der Waals surface area contributed by atoms with Crippen LogP contribution in [0.1, 0.15) is 31.2 Å². The summed E-state index contributed by atoms with van der Waals surface area (Å²) in [5.41, 5.74) is 3.28. The van der Waals surface area contributed by atoms with E-state index in [1.807, 2.05) is 54.6 Å². The molecule has 3 aromatic rings. The number of benzene rings is 3. The lowest BCUT2D eigenvalue weighted by molar-refractivity contribution is -0.148. The van der Waals surface area contributed by atoms with E-state index in [1.165, 1.54) is 18.2 Å². The van der Waals surface area contributed by atoms with Gasteiger partial charge in [0.25, 0.3) is 0 Å². The average Bonchev–Trinajstić information content (AvgIpc) is 2.84. The molecule has 33 heavy (non-hydrogen) atoms. The van der Waals surface area contributed by atoms with Crippen molar-refractivity contribution in [1.82, 2.24) is 0 Å². The van der Waals surface area contributed by atoms with Crippen molar-refractivity contribution in [2.75, 3.05) is 7.11 Å². The molecule has 3 aromatic carbocycles. The Labute approximate surface area is 194 Å². The maximum absolute atomic E-state index is 11.1. The minimum Gasteiger partial charge on any atom is -0.490 e. The summed E-state index contributed by atoms with van der Waals surface area (Å²) in [4.78, 5) is 11.1. The van der Waals surface area contributed by atoms with E-state index >= 15 is 0 Å². The topological polar surface area (TPSA) is 65.0 Å². The molecular formula is C28H30O5. The van der Waals surface area contributed by atoms with Gasteiger partial charge in [0.1, 0.15) is 23.7 Å². The molecule has 1 aliphatic rings. The first kappa shape index (κ1) is 22.9. The molecule has 0 aromatic heterocycles. The lowest BCUT2D eigenvalue weighted by Crippen LogP contribution is -2.32. The van der Waals surface area contributed by atoms with Crippen LogP contribution in [0, 0.1) is 0 Å². The van der Waals surface area contributed by atoms with Gasteiger partial charge in [0.2, 0.25) is 0 Å². The largest absolute Gasteiger partial charge is 0.490 e. The quantitative estimate of drug-likeness (QED) is 0.452. The second kappa shape index (κ2) is 11.0. The third kappa shape index (κ3) is 6.36. The molecule has 1 N–H and O–H groups in total. The van der Waals surface area contributed by atoms with Gasteiger partial charge < -0.3 is 19.3 Å². The summed E-state index contributed by atoms with van der Waals surface area (Å²) in [6, 6.07) is 26.2. The van der Waals surface area contributed by atoms with Crippen LogP contribution >= 0.6 is 0 Å². The van der Waals surface area contributed by atoms with Gasteiger partial charge in [0, 0.05) is 20.0 Å². The smallest absolute Gasteiger partial charge is 0.333 e. The van der Waals surface area contributed by atoms with Crippen molar-refractivity contribution < 1.29 is 24.1 Å². The van der Waals surface area contributed by atoms with E-state index in [1.54, 1.807) is 0 Å². The van der Waals surface area contributed by atoms with E-state index in [4.69, 9.17) is 19.3 Å². The molecule has 0 heterocycles. The zero-order valence-electron chi connectivity index (χ0n) is 18.9. The van der Waals surface area contributed by atoms with Crippen molar-refractivity contribution >= 4 is 5.97 Å². The Morgan fingerprint density at radius 3 is 1.94 bits per heavy atom. The summed E-state index contributed by atoms with van der Waals surface area (Å²) < 4.78 is 17.5. The molecule has 1 fully saturated rings. The van der Waals surface area contributed by atoms with Crippen molar-refractivity contribution in [3.05, 3.63) is 84.4 Å². The summed E-state index contributed by atoms with van der Waals surface area (Å²) in [5, 5.41) is 9.14. The van der Waals surface area contributed by atoms with E-state index in [0.717, 1.165) is 42.7 Å². The molecule has 3 atom stereocenters. The number of rotatable bonds is 9. The lowest BCUT2D eigenvalue weighted by atomic mass is 9.94. The van der Waals surface area contributed by atoms with Crippen LogP contribution in [-0.4, -0.2) is 36.5 Å². The maximum atomic E-state index is 11.1. The summed E-state index contributed by atoms with van der Waals surface area (Å²) >= 11 is 0. The fourth-order valence-electron chi connectivity index (χ4n) is 4.25. The van der Waals surface area contributed by atoms with Crippen LogP contribution in [0.3, 0.4) is 0 Å². The van der Waals surface area contributed by atoms with Crippen molar-refractivity contribution in [1.29, 1.82) is 0 Å². The van der Waals surface area contributed by atoms with Crippen molar-refractivity contribution in [2.24, 2.45) is 0 Å². The number of ether oxygens (including phenoxy) is 3. The van der Waals surface area contributed by atoms with Gasteiger partial charge in [-0.3, -0.25) is 0 Å². The molecule has 0 saturated heterocycles. The number of hydrogen-bond donors (Lipinski definition) is 1. The molecule has 0 amide bonds. The van der Waals surface area contributed by atoms with Gasteiger partial charge >= 0.3 is 5.97 Å². The van der Waals surface area contributed by atoms with E-state index in [0.29, 0.717) is 6.42 Å². The lowest BCUT2D eigenvalue weighted by Gasteiger charge is -2.30. The molecule has 0 radical (unpaired) electrons. The van der Waals surface area contributed by atoms with E-state index in [2.05, 4.69) is 24.3 Å². The van der Waals surface area contributed by atoms with Gasteiger partial charge in [-0.15, -0.1) is 0 Å². The summed E-state index contributed by atoms with van der Waals surface area (Å²) in [5.74, 6) is 0.720. The fraction of sp³-hybridized carbons (Fsp3) is 0.321. The molecule has 1 aliphatic carbocycles. The first-order chi connectivity index (χ1) is 16.1. The maximum Gasteiger partial charge on any atom is 0.333 e. The summed E-state index contributed by atoms with van der Waals surface area (Å²) in [6.45, 7) is 0. The highest BCUT2D eigenvalue weighted by molar-refractivity contribution is 5.72. The second-order valence-electron chi connectivity index (χ2n) is 8.45. The Bertz CT molecular complexity index is 1010. The predicted octanol–water partition coefficient (Wildman–Crippen LogP) is 5.76. The SMILES string of the molecule is COC(Cc1ccc(OC2CCCC(Oc3ccc(-c4ccccc4)cc3)C2)cc1)C(=O)O. The fourth-order valence-corrected chi connectivity index (χ4v) is 4.25. The predicted molar refractivity (Wildman–Crippen MR) is 128 cm³/mol. The van der Waals surface area contributed by atoms with Crippen molar-refractivity contribution in [2.45, 2.75) is 50.4 Å². The zero-order chi connectivity index (χ0) is 23.0. The second-order valence-corrected chi connectivity index (χ2v) is 8.45. The molecule has 5 nitrogen and oxygen atoms in total. The van der Waals surface area contributed by atoms with E-state index in [-0.39, 0.29) is 12.2 Å². The highest BCUT2D eigenvalue weighted by Crippen LogP contribution is 2.29. The number of aliphatic carboxylic acids is 1. The Morgan fingerprint density at radius 2 is 1.39 bits per heavy atom. The van der Waals surface area contributed by atoms with Crippen LogP contribution in [0.5, 0.6) is 11.5 Å². The van der Waals surface area contributed by atoms with Crippen LogP contribution in [0.2, 0.25) is 0 Å². The number of methoxy groups -OCH3 is 1. The van der Waals surface area contributed by atoms with Crippen LogP contribution < -0.4 is 9.47 Å². The Kier molecular flexibility index (Phi) is 7.63. The summed E-state index contributed by atoms with van der Waals surface area (Å²) in [7, 11) is 1.41. The Hall–Kier alpha value is -3.31. The number of carbonyl (C=O) groups is 1. The highest BCUT2D eigenvalue weighted by Gasteiger charge is 2.25. The first-order valence-corrected chi connectivity index (χ1v) is 11.4. The number of hydrogen-bond acceptors (Lipinski definition) is 4. The highest BCUT2D eigenvalue weighted by atomic mass is 16.5. The van der Waals surface area contributed by atoms with Gasteiger partial charge in [-0.25, -0.2) is 4.79 Å². The normalized spacial score (nSPS) is 18.9. The van der Waals surface area contributed by atoms with Gasteiger partial charge in [-0.2, -0.15) is 0 Å². The van der Waals surface area contributed by atoms with Gasteiger partial charge in [-0.05, 0) is 60.2 Å². The Morgan fingerprint density at radius 1 is 0.848 bits per heavy atom. The molecule has 0 spiro atoms. The zero-order valence-corrected chi connectivity index (χ0v) is 18.9. The van der Waals surface area contributed by atoms with Gasteiger partial charge in [0.05, 0.1) is 0 Å². The number of carboxylic acid groups (broad SMARTS) is 1. The van der Waals surface area contributed by atoms with Crippen molar-refractivity contribution in [3.63, 3.8) is 0 Å². The standard InChI is InChI=1S/C28H30O5/c1-31-27(28(29)30)18-20-10-14-23(15-11-20)32-25-8-5-9-26(19-25)33-24-16-12-22(13-17-24)21-6-3-2-4-7-21/h2-4,6-7,10-17,25-27H,5,8-9,18-19H2,1H3,(H,29,30). The van der Waals surface area contributed by atoms with Gasteiger partial charge in [0.15, 0.2) is 6.10 Å². The number of carboxylic acids is 1. The van der Waals surface area contributed by atoms with Crippen LogP contribution in [0.4, 0.5) is 0 Å². The molecule has 172 valence electrons. The van der Waals surface area contributed by atoms with Crippen LogP contribution in [0.25, 0.3) is 11.1 Å². The molecular weight excluding hydrogens is 416 g/mol. The molecule has 0 bridgehead atoms. The average molecular weight is 447 g/mol. The first-order valence-electron chi connectivity index (χ1n) is 11.4. The molecule has 1 saturated carbocycles. The van der Waals surface area contributed by atoms with Gasteiger partial charge in [-0.1, -0.05) is 54.6 Å². The molecule has 3 unspecified atom stereocenters. The molecule has 4 rings (SSSR count). The van der Waals surface area contributed by atoms with Crippen LogP contribution in [0.15, 0.2) is 78.9 Å². The minimum absolute atomic E-state index is 0.101. The van der Waals surface area contributed by atoms with E-state index in [9.17, 15) is 4.79 Å². The Balaban J connectivity index is 1.30. The molecule has 5 heteroatoms. The van der Waals surface area contributed by atoms with Crippen molar-refractivity contribution in [3.8, 4) is 22.6 Å². The minimum atomic E-state index is -0.958. The molecule has 0 aliphatic heterocycles. The van der Waals surface area contributed by atoms with Crippen LogP contribution in [-0.2, 0) is 16.0 Å². The third-order valence-corrected chi connectivity index (χ3v) is 6.05. The summed E-state index contributed by atoms with van der Waals surface area (Å²) in [6.07, 6.45) is 3.64.